The topological polar surface area (TPSA) is 17.1 Å². The van der Waals surface area contributed by atoms with Crippen molar-refractivity contribution in [3.8, 4) is 0 Å². The van der Waals surface area contributed by atoms with E-state index in [-0.39, 0.29) is 21.1 Å². The Kier molecular flexibility index (Phi) is 27.5. The molecule has 0 amide bonds. The van der Waals surface area contributed by atoms with Crippen molar-refractivity contribution >= 4 is 34.5 Å². The Bertz CT molecular complexity index is 96.4. The summed E-state index contributed by atoms with van der Waals surface area (Å²) in [5.41, 5.74) is 0. The van der Waals surface area contributed by atoms with E-state index in [9.17, 15) is 4.79 Å². The third-order valence-corrected chi connectivity index (χ3v) is 2.10. The molecule has 0 aromatic rings. The number of rotatable bonds is 3. The molecule has 0 rings (SSSR count). The Balaban J connectivity index is -0.000000196. The van der Waals surface area contributed by atoms with Crippen LogP contribution in [0.2, 0.25) is 0 Å². The van der Waals surface area contributed by atoms with E-state index in [1.807, 2.05) is 6.92 Å². The third kappa shape index (κ3) is 18.1. The Morgan fingerprint density at radius 1 is 1.64 bits per heavy atom. The molecular formula is C7H12OS2W. The third-order valence-electron chi connectivity index (χ3n) is 0.581. The van der Waals surface area contributed by atoms with Gasteiger partial charge in [0.25, 0.3) is 0 Å². The first-order valence-electron chi connectivity index (χ1n) is 3.02. The summed E-state index contributed by atoms with van der Waals surface area (Å²) in [6.45, 7) is 6.97. The van der Waals surface area contributed by atoms with Crippen LogP contribution in [0.4, 0.5) is 0 Å². The Labute approximate surface area is 93.0 Å². The molecule has 0 spiro atoms. The molecule has 0 bridgehead atoms. The maximum absolute atomic E-state index is 9.62. The smallest absolute Gasteiger partial charge is 0.541 e. The summed E-state index contributed by atoms with van der Waals surface area (Å²) in [5, 5.41) is 0. The first-order chi connectivity index (χ1) is 4.81. The summed E-state index contributed by atoms with van der Waals surface area (Å²) in [6.07, 6.45) is 2.62. The molecule has 0 unspecified atom stereocenters. The van der Waals surface area contributed by atoms with Crippen molar-refractivity contribution < 1.29 is 25.9 Å². The SMILES string of the molecule is CCC(=S)SC[C-]=O.[CH2-]C.[W+2]. The van der Waals surface area contributed by atoms with Crippen molar-refractivity contribution in [1.82, 2.24) is 0 Å². The van der Waals surface area contributed by atoms with Crippen LogP contribution >= 0.6 is 24.0 Å². The second-order valence-corrected chi connectivity index (χ2v) is 2.98. The van der Waals surface area contributed by atoms with Gasteiger partial charge in [-0.1, -0.05) is 24.9 Å². The zero-order valence-corrected chi connectivity index (χ0v) is 11.3. The second-order valence-electron chi connectivity index (χ2n) is 1.16. The summed E-state index contributed by atoms with van der Waals surface area (Å²) in [4.78, 5) is 9.62. The minimum absolute atomic E-state index is 0. The van der Waals surface area contributed by atoms with Crippen LogP contribution in [-0.2, 0) is 25.9 Å². The van der Waals surface area contributed by atoms with E-state index in [2.05, 4.69) is 6.92 Å². The molecule has 4 heteroatoms. The first kappa shape index (κ1) is 17.8. The number of hydrogen-bond donors (Lipinski definition) is 0. The molecule has 0 fully saturated rings. The largest absolute Gasteiger partial charge is 2.00 e. The monoisotopic (exact) mass is 360 g/mol. The second kappa shape index (κ2) is 17.0. The van der Waals surface area contributed by atoms with Gasteiger partial charge in [0, 0.05) is 4.20 Å². The van der Waals surface area contributed by atoms with Gasteiger partial charge in [-0.05, 0) is 6.42 Å². The van der Waals surface area contributed by atoms with Crippen LogP contribution < -0.4 is 0 Å². The van der Waals surface area contributed by atoms with Crippen molar-refractivity contribution in [3.05, 3.63) is 6.92 Å². The Hall–Kier alpha value is 0.798. The molecule has 0 saturated heterocycles. The minimum atomic E-state index is 0. The average Bonchev–Trinajstić information content (AvgIpc) is 2.04. The fourth-order valence-electron chi connectivity index (χ4n) is 0.212. The summed E-state index contributed by atoms with van der Waals surface area (Å²) < 4.78 is 0.883. The average molecular weight is 360 g/mol. The van der Waals surface area contributed by atoms with Crippen LogP contribution in [0.3, 0.4) is 0 Å². The van der Waals surface area contributed by atoms with Gasteiger partial charge >= 0.3 is 21.1 Å². The van der Waals surface area contributed by atoms with E-state index >= 15 is 0 Å². The van der Waals surface area contributed by atoms with Crippen molar-refractivity contribution in [2.45, 2.75) is 20.3 Å². The van der Waals surface area contributed by atoms with Gasteiger partial charge in [0.2, 0.25) is 0 Å². The molecule has 11 heavy (non-hydrogen) atoms. The molecule has 1 nitrogen and oxygen atoms in total. The van der Waals surface area contributed by atoms with Crippen molar-refractivity contribution in [2.75, 3.05) is 5.75 Å². The first-order valence-corrected chi connectivity index (χ1v) is 4.42. The molecule has 0 N–H and O–H groups in total. The van der Waals surface area contributed by atoms with Crippen LogP contribution in [0.25, 0.3) is 0 Å². The minimum Gasteiger partial charge on any atom is -0.541 e. The van der Waals surface area contributed by atoms with E-state index in [4.69, 9.17) is 12.2 Å². The fourth-order valence-corrected chi connectivity index (χ4v) is 0.813. The summed E-state index contributed by atoms with van der Waals surface area (Å²) in [6, 6.07) is 0. The molecule has 0 atom stereocenters. The van der Waals surface area contributed by atoms with Gasteiger partial charge < -0.3 is 11.7 Å². The predicted molar refractivity (Wildman–Crippen MR) is 52.1 cm³/mol. The van der Waals surface area contributed by atoms with Gasteiger partial charge in [0.1, 0.15) is 0 Å². The van der Waals surface area contributed by atoms with Crippen LogP contribution in [0.1, 0.15) is 20.3 Å². The Morgan fingerprint density at radius 2 is 2.09 bits per heavy atom. The summed E-state index contributed by atoms with van der Waals surface area (Å²) in [7, 11) is 0. The number of thiocarbonyl (C=S) groups is 1. The number of carbonyl (C=O) groups excluding carboxylic acids is 1. The van der Waals surface area contributed by atoms with Crippen LogP contribution in [-0.4, -0.2) is 16.2 Å². The van der Waals surface area contributed by atoms with E-state index in [0.717, 1.165) is 10.6 Å². The fraction of sp³-hybridized carbons (Fsp3) is 0.571. The number of thioether (sulfide) groups is 1. The van der Waals surface area contributed by atoms with Crippen LogP contribution in [0.15, 0.2) is 0 Å². The quantitative estimate of drug-likeness (QED) is 0.569. The molecule has 0 heterocycles. The zero-order chi connectivity index (χ0) is 8.41. The Morgan fingerprint density at radius 3 is 2.36 bits per heavy atom. The van der Waals surface area contributed by atoms with Gasteiger partial charge in [-0.15, -0.1) is 11.8 Å². The van der Waals surface area contributed by atoms with E-state index < -0.39 is 0 Å². The molecule has 0 aromatic carbocycles. The molecule has 0 aromatic heterocycles. The number of hydrogen-bond acceptors (Lipinski definition) is 3. The van der Waals surface area contributed by atoms with E-state index in [1.165, 1.54) is 11.8 Å². The molecule has 0 saturated carbocycles. The van der Waals surface area contributed by atoms with Crippen molar-refractivity contribution in [3.63, 3.8) is 0 Å². The van der Waals surface area contributed by atoms with Gasteiger partial charge in [-0.25, -0.2) is 0 Å². The maximum atomic E-state index is 9.62. The maximum Gasteiger partial charge on any atom is 2.00 e. The van der Waals surface area contributed by atoms with Crippen molar-refractivity contribution in [1.29, 1.82) is 0 Å². The molecule has 0 radical (unpaired) electrons. The van der Waals surface area contributed by atoms with Crippen molar-refractivity contribution in [2.24, 2.45) is 0 Å². The normalized spacial score (nSPS) is 6.82. The van der Waals surface area contributed by atoms with Gasteiger partial charge in [0.05, 0.1) is 0 Å². The molecule has 0 aliphatic heterocycles. The molecular weight excluding hydrogens is 348 g/mol. The molecule has 0 aliphatic carbocycles. The van der Waals surface area contributed by atoms with Gasteiger partial charge in [-0.2, -0.15) is 6.92 Å². The summed E-state index contributed by atoms with van der Waals surface area (Å²) in [5.74, 6) is 0.382. The van der Waals surface area contributed by atoms with Gasteiger partial charge in [-0.3, -0.25) is 6.29 Å². The molecule has 64 valence electrons. The zero-order valence-electron chi connectivity index (χ0n) is 6.75. The standard InChI is InChI=1S/C5H7OS2.C2H5.W/c1-2-5(7)8-4-3-6;1-2;/h2,4H2,1H3;1H2,2H3;/q2*-1;+2. The predicted octanol–water partition coefficient (Wildman–Crippen LogP) is 2.40. The van der Waals surface area contributed by atoms with E-state index in [0.29, 0.717) is 5.75 Å². The summed E-state index contributed by atoms with van der Waals surface area (Å²) >= 11 is 6.19. The molecule has 0 aliphatic rings. The van der Waals surface area contributed by atoms with Crippen LogP contribution in [0, 0.1) is 6.92 Å². The van der Waals surface area contributed by atoms with Crippen LogP contribution in [0.5, 0.6) is 0 Å². The van der Waals surface area contributed by atoms with Gasteiger partial charge in [0.15, 0.2) is 0 Å². The van der Waals surface area contributed by atoms with E-state index in [1.54, 1.807) is 13.2 Å².